The molecule has 0 bridgehead atoms. The van der Waals surface area contributed by atoms with Crippen LogP contribution >= 0.6 is 0 Å². The zero-order valence-electron chi connectivity index (χ0n) is 24.7. The molecule has 1 aliphatic heterocycles. The molecule has 4 aromatic rings. The summed E-state index contributed by atoms with van der Waals surface area (Å²) >= 11 is 0. The first-order valence-corrected chi connectivity index (χ1v) is 15.0. The van der Waals surface area contributed by atoms with E-state index in [2.05, 4.69) is 67.7 Å². The second-order valence-electron chi connectivity index (χ2n) is 11.3. The molecule has 0 spiro atoms. The van der Waals surface area contributed by atoms with Crippen molar-refractivity contribution in [3.05, 3.63) is 144 Å². The van der Waals surface area contributed by atoms with Crippen LogP contribution in [0.2, 0.25) is 0 Å². The van der Waals surface area contributed by atoms with Crippen molar-refractivity contribution in [2.24, 2.45) is 0 Å². The van der Waals surface area contributed by atoms with E-state index < -0.39 is 0 Å². The summed E-state index contributed by atoms with van der Waals surface area (Å²) in [7, 11) is 0. The van der Waals surface area contributed by atoms with Crippen molar-refractivity contribution in [3.63, 3.8) is 0 Å². The average Bonchev–Trinajstić information content (AvgIpc) is 3.05. The highest BCUT2D eigenvalue weighted by molar-refractivity contribution is 5.17. The summed E-state index contributed by atoms with van der Waals surface area (Å²) in [6.45, 7) is 6.90. The first-order chi connectivity index (χ1) is 20.6. The molecule has 1 N–H and O–H groups in total. The van der Waals surface area contributed by atoms with Crippen LogP contribution in [0.5, 0.6) is 0 Å². The first-order valence-electron chi connectivity index (χ1n) is 15.0. The maximum atomic E-state index is 6.82. The van der Waals surface area contributed by atoms with E-state index in [-0.39, 0.29) is 29.9 Å². The quantitative estimate of drug-likeness (QED) is 0.177. The summed E-state index contributed by atoms with van der Waals surface area (Å²) in [5.41, 5.74) is 4.16. The molecule has 0 amide bonds. The molecule has 0 radical (unpaired) electrons. The predicted octanol–water partition coefficient (Wildman–Crippen LogP) is 7.10. The van der Waals surface area contributed by atoms with E-state index in [9.17, 15) is 0 Å². The van der Waals surface area contributed by atoms with Gasteiger partial charge in [-0.3, -0.25) is 0 Å². The van der Waals surface area contributed by atoms with Gasteiger partial charge in [-0.05, 0) is 35.6 Å². The highest BCUT2D eigenvalue weighted by Gasteiger charge is 2.52. The lowest BCUT2D eigenvalue weighted by Gasteiger charge is -2.52. The van der Waals surface area contributed by atoms with E-state index in [0.29, 0.717) is 33.0 Å². The molecule has 1 heterocycles. The summed E-state index contributed by atoms with van der Waals surface area (Å²) in [6, 6.07) is 41.1. The smallest absolute Gasteiger partial charge is 0.114 e. The molecule has 1 aliphatic rings. The Balaban J connectivity index is 1.42. The monoisotopic (exact) mass is 565 g/mol. The molecule has 5 heteroatoms. The number of benzene rings is 4. The minimum atomic E-state index is -0.358. The van der Waals surface area contributed by atoms with E-state index >= 15 is 0 Å². The van der Waals surface area contributed by atoms with Crippen molar-refractivity contribution in [3.8, 4) is 0 Å². The molecule has 0 aliphatic carbocycles. The van der Waals surface area contributed by atoms with Crippen LogP contribution in [-0.4, -0.2) is 36.5 Å². The highest BCUT2D eigenvalue weighted by Crippen LogP contribution is 2.34. The summed E-state index contributed by atoms with van der Waals surface area (Å²) in [5, 5.41) is 3.91. The normalized spacial score (nSPS) is 24.0. The molecule has 4 aromatic carbocycles. The van der Waals surface area contributed by atoms with Gasteiger partial charge in [0.2, 0.25) is 0 Å². The van der Waals surface area contributed by atoms with Gasteiger partial charge in [0.15, 0.2) is 0 Å². The Morgan fingerprint density at radius 2 is 0.952 bits per heavy atom. The van der Waals surface area contributed by atoms with E-state index in [4.69, 9.17) is 18.9 Å². The molecule has 1 saturated heterocycles. The van der Waals surface area contributed by atoms with Gasteiger partial charge in [0.05, 0.1) is 39.1 Å². The van der Waals surface area contributed by atoms with Crippen LogP contribution < -0.4 is 5.32 Å². The van der Waals surface area contributed by atoms with Gasteiger partial charge in [-0.1, -0.05) is 128 Å². The Morgan fingerprint density at radius 3 is 1.40 bits per heavy atom. The van der Waals surface area contributed by atoms with Gasteiger partial charge in [0.25, 0.3) is 0 Å². The number of ether oxygens (including phenoxy) is 4. The maximum Gasteiger partial charge on any atom is 0.114 e. The summed E-state index contributed by atoms with van der Waals surface area (Å²) in [6.07, 6.45) is -0.0186. The Morgan fingerprint density at radius 1 is 0.548 bits per heavy atom. The fourth-order valence-electron chi connectivity index (χ4n) is 5.63. The lowest BCUT2D eigenvalue weighted by Crippen LogP contribution is -2.73. The molecule has 1 fully saturated rings. The fourth-order valence-corrected chi connectivity index (χ4v) is 5.63. The minimum absolute atomic E-state index is 0.0975. The summed E-state index contributed by atoms with van der Waals surface area (Å²) < 4.78 is 26.7. The molecule has 5 nitrogen and oxygen atoms in total. The number of hydrogen-bond acceptors (Lipinski definition) is 5. The summed E-state index contributed by atoms with van der Waals surface area (Å²) in [5.74, 6) is 0. The molecule has 42 heavy (non-hydrogen) atoms. The topological polar surface area (TPSA) is 49.0 Å². The zero-order chi connectivity index (χ0) is 29.0. The van der Waals surface area contributed by atoms with Crippen LogP contribution in [0, 0.1) is 0 Å². The third kappa shape index (κ3) is 8.15. The molecule has 0 aromatic heterocycles. The van der Waals surface area contributed by atoms with E-state index in [1.165, 1.54) is 0 Å². The Kier molecular flexibility index (Phi) is 10.9. The van der Waals surface area contributed by atoms with Gasteiger partial charge in [-0.15, -0.1) is 0 Å². The van der Waals surface area contributed by atoms with Crippen LogP contribution in [0.25, 0.3) is 0 Å². The maximum absolute atomic E-state index is 6.82. The van der Waals surface area contributed by atoms with Crippen molar-refractivity contribution < 1.29 is 18.9 Å². The number of piperidine rings is 1. The van der Waals surface area contributed by atoms with Crippen molar-refractivity contribution in [1.29, 1.82) is 0 Å². The van der Waals surface area contributed by atoms with Gasteiger partial charge in [0.1, 0.15) is 18.3 Å². The van der Waals surface area contributed by atoms with Gasteiger partial charge in [-0.2, -0.15) is 0 Å². The van der Waals surface area contributed by atoms with Crippen LogP contribution in [0.4, 0.5) is 0 Å². The highest BCUT2D eigenvalue weighted by atomic mass is 16.6. The molecular formula is C37H43NO4. The molecule has 220 valence electrons. The van der Waals surface area contributed by atoms with E-state index in [1.807, 2.05) is 72.8 Å². The van der Waals surface area contributed by atoms with Crippen LogP contribution in [0.1, 0.15) is 42.5 Å². The predicted molar refractivity (Wildman–Crippen MR) is 167 cm³/mol. The van der Waals surface area contributed by atoms with Crippen molar-refractivity contribution in [2.45, 2.75) is 76.6 Å². The molecule has 5 rings (SSSR count). The summed E-state index contributed by atoms with van der Waals surface area (Å²) in [4.78, 5) is 0. The molecular weight excluding hydrogens is 522 g/mol. The lowest BCUT2D eigenvalue weighted by molar-refractivity contribution is -0.211. The second kappa shape index (κ2) is 15.2. The van der Waals surface area contributed by atoms with Crippen molar-refractivity contribution >= 4 is 0 Å². The minimum Gasteiger partial charge on any atom is -0.375 e. The average molecular weight is 566 g/mol. The van der Waals surface area contributed by atoms with Gasteiger partial charge in [-0.25, -0.2) is 0 Å². The molecule has 0 saturated carbocycles. The molecule has 3 unspecified atom stereocenters. The third-order valence-electron chi connectivity index (χ3n) is 8.15. The van der Waals surface area contributed by atoms with Gasteiger partial charge < -0.3 is 24.3 Å². The zero-order valence-corrected chi connectivity index (χ0v) is 24.7. The SMILES string of the molecule is CC[C@]1(C)NC(COCc2ccccc2)[C@@H](OCc2ccccc2)C(OCc2ccccc2)C1OCc1ccccc1. The van der Waals surface area contributed by atoms with Crippen LogP contribution in [0.15, 0.2) is 121 Å². The lowest BCUT2D eigenvalue weighted by atomic mass is 9.79. The first kappa shape index (κ1) is 30.1. The van der Waals surface area contributed by atoms with Crippen molar-refractivity contribution in [2.75, 3.05) is 6.61 Å². The Labute approximate surface area is 250 Å². The van der Waals surface area contributed by atoms with Gasteiger partial charge >= 0.3 is 0 Å². The van der Waals surface area contributed by atoms with Crippen LogP contribution in [0.3, 0.4) is 0 Å². The van der Waals surface area contributed by atoms with Crippen LogP contribution in [-0.2, 0) is 45.4 Å². The van der Waals surface area contributed by atoms with E-state index in [1.54, 1.807) is 0 Å². The van der Waals surface area contributed by atoms with Crippen molar-refractivity contribution in [1.82, 2.24) is 5.32 Å². The number of rotatable bonds is 14. The molecule has 5 atom stereocenters. The third-order valence-corrected chi connectivity index (χ3v) is 8.15. The van der Waals surface area contributed by atoms with E-state index in [0.717, 1.165) is 28.7 Å². The Bertz CT molecular complexity index is 1300. The fraction of sp³-hybridized carbons (Fsp3) is 0.351. The van der Waals surface area contributed by atoms with Gasteiger partial charge in [0, 0.05) is 5.54 Å². The second-order valence-corrected chi connectivity index (χ2v) is 11.3. The standard InChI is InChI=1S/C37H43NO4/c1-3-37(2)36(42-27-32-22-14-7-15-23-32)35(41-26-31-20-12-6-13-21-31)34(40-25-30-18-10-5-11-19-30)33(38-37)28-39-24-29-16-8-4-9-17-29/h4-23,33-36,38H,3,24-28H2,1-2H3/t33?,34-,35?,36?,37+/m1/s1. The number of nitrogens with one attached hydrogen (secondary N) is 1. The number of hydrogen-bond donors (Lipinski definition) is 1. The Hall–Kier alpha value is -3.32. The largest absolute Gasteiger partial charge is 0.375 e.